The van der Waals surface area contributed by atoms with Crippen molar-refractivity contribution in [2.75, 3.05) is 0 Å². The molecule has 4 heterocycles. The Balaban J connectivity index is 1.78. The zero-order valence-electron chi connectivity index (χ0n) is 13.3. The lowest BCUT2D eigenvalue weighted by Crippen LogP contribution is -2.00. The molecule has 5 aromatic rings. The van der Waals surface area contributed by atoms with Gasteiger partial charge in [0, 0.05) is 22.9 Å². The summed E-state index contributed by atoms with van der Waals surface area (Å²) in [6.07, 6.45) is 8.27. The number of imidazole rings is 1. The van der Waals surface area contributed by atoms with Gasteiger partial charge in [-0.2, -0.15) is 0 Å². The van der Waals surface area contributed by atoms with Crippen molar-refractivity contribution in [2.45, 2.75) is 0 Å². The second-order valence-electron chi connectivity index (χ2n) is 5.72. The Morgan fingerprint density at radius 1 is 0.808 bits per heavy atom. The summed E-state index contributed by atoms with van der Waals surface area (Å²) in [7, 11) is 0. The normalized spacial score (nSPS) is 11.3. The van der Waals surface area contributed by atoms with Gasteiger partial charge in [-0.15, -0.1) is 10.2 Å². The van der Waals surface area contributed by atoms with Crippen LogP contribution < -0.4 is 0 Å². The predicted octanol–water partition coefficient (Wildman–Crippen LogP) is 4.45. The van der Waals surface area contributed by atoms with Crippen molar-refractivity contribution in [3.8, 4) is 33.8 Å². The molecule has 126 valence electrons. The lowest BCUT2D eigenvalue weighted by Gasteiger charge is -2.06. The molecule has 0 spiro atoms. The van der Waals surface area contributed by atoms with Gasteiger partial charge in [0.25, 0.3) is 5.78 Å². The van der Waals surface area contributed by atoms with Crippen LogP contribution in [-0.4, -0.2) is 19.6 Å². The maximum absolute atomic E-state index is 13.2. The number of rotatable bonds is 3. The molecule has 26 heavy (non-hydrogen) atoms. The third-order valence-electron chi connectivity index (χ3n) is 4.12. The summed E-state index contributed by atoms with van der Waals surface area (Å²) in [4.78, 5) is 4.52. The van der Waals surface area contributed by atoms with Crippen molar-refractivity contribution in [1.29, 1.82) is 0 Å². The second kappa shape index (κ2) is 5.66. The van der Waals surface area contributed by atoms with E-state index in [1.165, 1.54) is 12.1 Å². The minimum absolute atomic E-state index is 0.293. The minimum Gasteiger partial charge on any atom is -0.472 e. The van der Waals surface area contributed by atoms with Crippen LogP contribution in [0.1, 0.15) is 0 Å². The Kier molecular flexibility index (Phi) is 3.18. The first-order valence-corrected chi connectivity index (χ1v) is 7.86. The fraction of sp³-hybridized carbons (Fsp3) is 0. The highest BCUT2D eigenvalue weighted by Gasteiger charge is 2.18. The number of hydrogen-bond acceptors (Lipinski definition) is 5. The predicted molar refractivity (Wildman–Crippen MR) is 91.6 cm³/mol. The third-order valence-corrected chi connectivity index (χ3v) is 4.12. The van der Waals surface area contributed by atoms with Gasteiger partial charge in [0.1, 0.15) is 11.5 Å². The number of furan rings is 2. The van der Waals surface area contributed by atoms with E-state index in [1.54, 1.807) is 37.2 Å². The summed E-state index contributed by atoms with van der Waals surface area (Å²) in [6.45, 7) is 0. The number of fused-ring (bicyclic) bond motifs is 1. The summed E-state index contributed by atoms with van der Waals surface area (Å²) < 4.78 is 25.5. The van der Waals surface area contributed by atoms with Crippen LogP contribution in [0.4, 0.5) is 4.39 Å². The van der Waals surface area contributed by atoms with Crippen molar-refractivity contribution in [3.05, 3.63) is 73.5 Å². The van der Waals surface area contributed by atoms with Crippen LogP contribution >= 0.6 is 0 Å². The van der Waals surface area contributed by atoms with Gasteiger partial charge in [0.15, 0.2) is 0 Å². The highest BCUT2D eigenvalue weighted by molar-refractivity contribution is 5.79. The van der Waals surface area contributed by atoms with Gasteiger partial charge < -0.3 is 8.83 Å². The van der Waals surface area contributed by atoms with E-state index in [4.69, 9.17) is 8.83 Å². The second-order valence-corrected chi connectivity index (χ2v) is 5.72. The van der Waals surface area contributed by atoms with Gasteiger partial charge in [-0.3, -0.25) is 4.40 Å². The van der Waals surface area contributed by atoms with Gasteiger partial charge >= 0.3 is 0 Å². The zero-order chi connectivity index (χ0) is 17.5. The number of benzene rings is 1. The summed E-state index contributed by atoms with van der Waals surface area (Å²) in [5.74, 6) is 0.145. The van der Waals surface area contributed by atoms with E-state index in [2.05, 4.69) is 15.2 Å². The first-order chi connectivity index (χ1) is 12.8. The molecule has 0 N–H and O–H groups in total. The fourth-order valence-corrected chi connectivity index (χ4v) is 2.89. The maximum atomic E-state index is 13.2. The smallest absolute Gasteiger partial charge is 0.254 e. The largest absolute Gasteiger partial charge is 0.472 e. The molecule has 0 atom stereocenters. The molecular formula is C19H11FN4O2. The van der Waals surface area contributed by atoms with Crippen LogP contribution in [0.15, 0.2) is 76.5 Å². The Morgan fingerprint density at radius 3 is 2.23 bits per heavy atom. The Morgan fingerprint density at radius 2 is 1.54 bits per heavy atom. The molecular weight excluding hydrogens is 335 g/mol. The first kappa shape index (κ1) is 14.6. The third kappa shape index (κ3) is 2.29. The van der Waals surface area contributed by atoms with Gasteiger partial charge in [-0.25, -0.2) is 9.37 Å². The number of hydrogen-bond donors (Lipinski definition) is 0. The Labute approximate surface area is 146 Å². The van der Waals surface area contributed by atoms with E-state index in [-0.39, 0.29) is 5.82 Å². The van der Waals surface area contributed by atoms with E-state index in [0.29, 0.717) is 17.2 Å². The van der Waals surface area contributed by atoms with Crippen molar-refractivity contribution in [1.82, 2.24) is 19.6 Å². The van der Waals surface area contributed by atoms with Crippen LogP contribution in [0.2, 0.25) is 0 Å². The monoisotopic (exact) mass is 346 g/mol. The summed E-state index contributed by atoms with van der Waals surface area (Å²) in [6, 6.07) is 9.82. The van der Waals surface area contributed by atoms with Gasteiger partial charge in [-0.1, -0.05) is 0 Å². The molecule has 0 aliphatic carbocycles. The van der Waals surface area contributed by atoms with E-state index in [9.17, 15) is 4.39 Å². The molecule has 1 aromatic carbocycles. The van der Waals surface area contributed by atoms with E-state index < -0.39 is 0 Å². The van der Waals surface area contributed by atoms with Crippen molar-refractivity contribution in [2.24, 2.45) is 0 Å². The van der Waals surface area contributed by atoms with Gasteiger partial charge in [-0.05, 0) is 36.4 Å². The minimum atomic E-state index is -0.293. The van der Waals surface area contributed by atoms with Crippen LogP contribution in [0, 0.1) is 5.82 Å². The topological polar surface area (TPSA) is 69.4 Å². The molecule has 0 fully saturated rings. The lowest BCUT2D eigenvalue weighted by molar-refractivity contribution is 0.567. The summed E-state index contributed by atoms with van der Waals surface area (Å²) in [5, 5.41) is 8.56. The molecule has 6 nitrogen and oxygen atoms in total. The summed E-state index contributed by atoms with van der Waals surface area (Å²) >= 11 is 0. The van der Waals surface area contributed by atoms with Crippen LogP contribution in [0.3, 0.4) is 0 Å². The summed E-state index contributed by atoms with van der Waals surface area (Å²) in [5.41, 5.74) is 4.53. The molecule has 0 saturated carbocycles. The van der Waals surface area contributed by atoms with Crippen molar-refractivity contribution < 1.29 is 13.2 Å². The highest BCUT2D eigenvalue weighted by Crippen LogP contribution is 2.32. The molecule has 0 radical (unpaired) electrons. The molecule has 0 unspecified atom stereocenters. The molecule has 0 bridgehead atoms. The molecule has 5 rings (SSSR count). The van der Waals surface area contributed by atoms with E-state index >= 15 is 0 Å². The molecule has 4 aromatic heterocycles. The molecule has 7 heteroatoms. The Hall–Kier alpha value is -3.74. The molecule has 0 amide bonds. The van der Waals surface area contributed by atoms with Gasteiger partial charge in [0.05, 0.1) is 36.4 Å². The standard InChI is InChI=1S/C19H11FN4O2/c20-15-3-1-12(2-4-15)16-9-24-18(14-6-8-26-11-14)17(13-5-7-25-10-13)22-23-19(24)21-16/h1-11H. The SMILES string of the molecule is Fc1ccc(-c2cn3c(-c4ccoc4)c(-c4ccoc4)nnc3n2)cc1. The fourth-order valence-electron chi connectivity index (χ4n) is 2.89. The van der Waals surface area contributed by atoms with E-state index in [1.807, 2.05) is 22.7 Å². The van der Waals surface area contributed by atoms with Crippen LogP contribution in [0.25, 0.3) is 39.5 Å². The maximum Gasteiger partial charge on any atom is 0.254 e. The average Bonchev–Trinajstić information content (AvgIpc) is 3.41. The molecule has 0 aliphatic rings. The number of nitrogens with zero attached hydrogens (tertiary/aromatic N) is 4. The quantitative estimate of drug-likeness (QED) is 0.483. The van der Waals surface area contributed by atoms with Crippen LogP contribution in [0.5, 0.6) is 0 Å². The first-order valence-electron chi connectivity index (χ1n) is 7.86. The van der Waals surface area contributed by atoms with Crippen molar-refractivity contribution >= 4 is 5.78 Å². The van der Waals surface area contributed by atoms with Crippen LogP contribution in [-0.2, 0) is 0 Å². The molecule has 0 saturated heterocycles. The lowest BCUT2D eigenvalue weighted by atomic mass is 10.1. The van der Waals surface area contributed by atoms with E-state index in [0.717, 1.165) is 22.4 Å². The Bertz CT molecular complexity index is 1180. The van der Waals surface area contributed by atoms with Crippen molar-refractivity contribution in [3.63, 3.8) is 0 Å². The number of aromatic nitrogens is 4. The molecule has 0 aliphatic heterocycles. The van der Waals surface area contributed by atoms with Gasteiger partial charge in [0.2, 0.25) is 0 Å². The average molecular weight is 346 g/mol. The highest BCUT2D eigenvalue weighted by atomic mass is 19.1. The number of halogens is 1. The zero-order valence-corrected chi connectivity index (χ0v) is 13.3.